The van der Waals surface area contributed by atoms with Gasteiger partial charge in [-0.25, -0.2) is 0 Å². The molecule has 1 atom stereocenters. The largest absolute Gasteiger partial charge is 0.372 e. The maximum Gasteiger partial charge on any atom is 0.230 e. The molecule has 0 saturated carbocycles. The molecule has 1 heterocycles. The van der Waals surface area contributed by atoms with Crippen LogP contribution in [-0.4, -0.2) is 24.7 Å². The summed E-state index contributed by atoms with van der Waals surface area (Å²) >= 11 is 7.40. The number of thioether (sulfide) groups is 1. The Balaban J connectivity index is 1.49. The molecule has 0 aromatic heterocycles. The third-order valence-corrected chi connectivity index (χ3v) is 6.37. The zero-order valence-corrected chi connectivity index (χ0v) is 17.5. The monoisotopic (exact) mass is 402 g/mol. The molecule has 0 radical (unpaired) electrons. The predicted octanol–water partition coefficient (Wildman–Crippen LogP) is 5.55. The van der Waals surface area contributed by atoms with Crippen LogP contribution in [0.2, 0.25) is 5.02 Å². The SMILES string of the molecule is CC1CCN(c2ccc([C@@H](C)NC(=O)CSc3ccc(Cl)cc3)cc2)CC1. The molecule has 2 aromatic carbocycles. The number of rotatable bonds is 6. The molecular formula is C22H27ClN2OS. The minimum absolute atomic E-state index is 0.00116. The summed E-state index contributed by atoms with van der Waals surface area (Å²) in [5, 5.41) is 3.79. The standard InChI is InChI=1S/C22H27ClN2OS/c1-16-11-13-25(14-12-16)20-7-3-18(4-8-20)17(2)24-22(26)15-27-21-9-5-19(23)6-10-21/h3-10,16-17H,11-15H2,1-2H3,(H,24,26)/t17-/m1/s1. The lowest BCUT2D eigenvalue weighted by Gasteiger charge is -2.32. The number of nitrogens with one attached hydrogen (secondary N) is 1. The van der Waals surface area contributed by atoms with E-state index in [1.54, 1.807) is 0 Å². The maximum absolute atomic E-state index is 12.2. The van der Waals surface area contributed by atoms with E-state index >= 15 is 0 Å². The highest BCUT2D eigenvalue weighted by Crippen LogP contribution is 2.25. The lowest BCUT2D eigenvalue weighted by atomic mass is 9.98. The lowest BCUT2D eigenvalue weighted by molar-refractivity contribution is -0.119. The summed E-state index contributed by atoms with van der Waals surface area (Å²) in [5.41, 5.74) is 2.41. The maximum atomic E-state index is 12.2. The second-order valence-corrected chi connectivity index (χ2v) is 8.78. The fourth-order valence-electron chi connectivity index (χ4n) is 3.29. The lowest BCUT2D eigenvalue weighted by Crippen LogP contribution is -2.32. The highest BCUT2D eigenvalue weighted by Gasteiger charge is 2.16. The molecule has 5 heteroatoms. The van der Waals surface area contributed by atoms with E-state index in [9.17, 15) is 4.79 Å². The second-order valence-electron chi connectivity index (χ2n) is 7.29. The fraction of sp³-hybridized carbons (Fsp3) is 0.409. The summed E-state index contributed by atoms with van der Waals surface area (Å²) in [6.07, 6.45) is 2.53. The van der Waals surface area contributed by atoms with Crippen molar-refractivity contribution in [3.63, 3.8) is 0 Å². The van der Waals surface area contributed by atoms with Crippen molar-refractivity contribution < 1.29 is 4.79 Å². The van der Waals surface area contributed by atoms with Crippen molar-refractivity contribution in [2.24, 2.45) is 5.92 Å². The number of nitrogens with zero attached hydrogens (tertiary/aromatic N) is 1. The average Bonchev–Trinajstić information content (AvgIpc) is 2.68. The quantitative estimate of drug-likeness (QED) is 0.643. The summed E-state index contributed by atoms with van der Waals surface area (Å²) in [6, 6.07) is 16.2. The van der Waals surface area contributed by atoms with Crippen molar-refractivity contribution >= 4 is 35.0 Å². The highest BCUT2D eigenvalue weighted by atomic mass is 35.5. The van der Waals surface area contributed by atoms with Crippen LogP contribution in [0, 0.1) is 5.92 Å². The van der Waals surface area contributed by atoms with E-state index in [4.69, 9.17) is 11.6 Å². The number of hydrogen-bond donors (Lipinski definition) is 1. The summed E-state index contributed by atoms with van der Waals surface area (Å²) in [4.78, 5) is 15.7. The fourth-order valence-corrected chi connectivity index (χ4v) is 4.12. The topological polar surface area (TPSA) is 32.3 Å². The van der Waals surface area contributed by atoms with Crippen LogP contribution in [0.1, 0.15) is 38.3 Å². The van der Waals surface area contributed by atoms with Crippen LogP contribution in [0.15, 0.2) is 53.4 Å². The molecule has 1 aliphatic heterocycles. The van der Waals surface area contributed by atoms with Crippen LogP contribution < -0.4 is 10.2 Å². The van der Waals surface area contributed by atoms with Gasteiger partial charge in [-0.2, -0.15) is 0 Å². The first-order valence-electron chi connectivity index (χ1n) is 9.54. The zero-order valence-electron chi connectivity index (χ0n) is 16.0. The smallest absolute Gasteiger partial charge is 0.230 e. The van der Waals surface area contributed by atoms with Gasteiger partial charge in [0.25, 0.3) is 0 Å². The van der Waals surface area contributed by atoms with Gasteiger partial charge >= 0.3 is 0 Å². The van der Waals surface area contributed by atoms with E-state index in [1.807, 2.05) is 31.2 Å². The molecule has 0 bridgehead atoms. The van der Waals surface area contributed by atoms with Gasteiger partial charge in [-0.05, 0) is 67.6 Å². The van der Waals surface area contributed by atoms with Gasteiger partial charge in [-0.3, -0.25) is 4.79 Å². The number of halogens is 1. The molecule has 3 rings (SSSR count). The number of hydrogen-bond acceptors (Lipinski definition) is 3. The Morgan fingerprint density at radius 2 is 1.78 bits per heavy atom. The van der Waals surface area contributed by atoms with Gasteiger partial charge in [0.1, 0.15) is 0 Å². The van der Waals surface area contributed by atoms with Crippen molar-refractivity contribution in [1.82, 2.24) is 5.32 Å². The molecule has 0 aliphatic carbocycles. The highest BCUT2D eigenvalue weighted by molar-refractivity contribution is 8.00. The van der Waals surface area contributed by atoms with Crippen LogP contribution in [0.25, 0.3) is 0 Å². The Morgan fingerprint density at radius 1 is 1.15 bits per heavy atom. The Labute approximate surface area is 171 Å². The normalized spacial score (nSPS) is 16.2. The van der Waals surface area contributed by atoms with E-state index < -0.39 is 0 Å². The summed E-state index contributed by atoms with van der Waals surface area (Å²) in [7, 11) is 0. The third-order valence-electron chi connectivity index (χ3n) is 5.10. The van der Waals surface area contributed by atoms with Crippen LogP contribution in [0.4, 0.5) is 5.69 Å². The van der Waals surface area contributed by atoms with E-state index in [2.05, 4.69) is 41.4 Å². The number of piperidine rings is 1. The zero-order chi connectivity index (χ0) is 19.2. The predicted molar refractivity (Wildman–Crippen MR) is 116 cm³/mol. The molecule has 3 nitrogen and oxygen atoms in total. The number of carbonyl (C=O) groups excluding carboxylic acids is 1. The van der Waals surface area contributed by atoms with Gasteiger partial charge in [-0.15, -0.1) is 11.8 Å². The van der Waals surface area contributed by atoms with Crippen LogP contribution in [-0.2, 0) is 4.79 Å². The average molecular weight is 403 g/mol. The molecule has 0 spiro atoms. The molecular weight excluding hydrogens is 376 g/mol. The Kier molecular flexibility index (Phi) is 7.08. The van der Waals surface area contributed by atoms with Gasteiger partial charge in [0, 0.05) is 28.7 Å². The molecule has 1 aliphatic rings. The van der Waals surface area contributed by atoms with E-state index in [0.717, 1.165) is 29.5 Å². The first-order chi connectivity index (χ1) is 13.0. The van der Waals surface area contributed by atoms with E-state index in [-0.39, 0.29) is 11.9 Å². The molecule has 27 heavy (non-hydrogen) atoms. The van der Waals surface area contributed by atoms with Gasteiger partial charge < -0.3 is 10.2 Å². The van der Waals surface area contributed by atoms with Crippen LogP contribution in [0.5, 0.6) is 0 Å². The summed E-state index contributed by atoms with van der Waals surface area (Å²) in [5.74, 6) is 1.27. The molecule has 144 valence electrons. The third kappa shape index (κ3) is 5.91. The molecule has 1 N–H and O–H groups in total. The molecule has 0 unspecified atom stereocenters. The van der Waals surface area contributed by atoms with Gasteiger partial charge in [0.2, 0.25) is 5.91 Å². The van der Waals surface area contributed by atoms with Crippen LogP contribution in [0.3, 0.4) is 0 Å². The number of anilines is 1. The minimum atomic E-state index is -0.00116. The summed E-state index contributed by atoms with van der Waals surface area (Å²) in [6.45, 7) is 6.63. The first kappa shape index (κ1) is 20.1. The second kappa shape index (κ2) is 9.52. The van der Waals surface area contributed by atoms with Crippen molar-refractivity contribution in [3.05, 3.63) is 59.1 Å². The number of carbonyl (C=O) groups is 1. The Morgan fingerprint density at radius 3 is 2.41 bits per heavy atom. The van der Waals surface area contributed by atoms with Crippen molar-refractivity contribution in [1.29, 1.82) is 0 Å². The van der Waals surface area contributed by atoms with E-state index in [0.29, 0.717) is 10.8 Å². The van der Waals surface area contributed by atoms with Crippen LogP contribution >= 0.6 is 23.4 Å². The Hall–Kier alpha value is -1.65. The molecule has 1 saturated heterocycles. The van der Waals surface area contributed by atoms with Gasteiger partial charge in [-0.1, -0.05) is 30.7 Å². The van der Waals surface area contributed by atoms with Crippen molar-refractivity contribution in [3.8, 4) is 0 Å². The Bertz CT molecular complexity index is 740. The minimum Gasteiger partial charge on any atom is -0.372 e. The number of amides is 1. The van der Waals surface area contributed by atoms with Crippen molar-refractivity contribution in [2.45, 2.75) is 37.6 Å². The molecule has 1 amide bonds. The van der Waals surface area contributed by atoms with Gasteiger partial charge in [0.05, 0.1) is 11.8 Å². The van der Waals surface area contributed by atoms with Gasteiger partial charge in [0.15, 0.2) is 0 Å². The first-order valence-corrected chi connectivity index (χ1v) is 10.9. The van der Waals surface area contributed by atoms with Crippen molar-refractivity contribution in [2.75, 3.05) is 23.7 Å². The molecule has 1 fully saturated rings. The number of benzene rings is 2. The van der Waals surface area contributed by atoms with E-state index in [1.165, 1.54) is 30.3 Å². The summed E-state index contributed by atoms with van der Waals surface area (Å²) < 4.78 is 0. The molecule has 2 aromatic rings.